The van der Waals surface area contributed by atoms with Crippen LogP contribution in [0, 0.1) is 0 Å². The van der Waals surface area contributed by atoms with Crippen LogP contribution in [0.3, 0.4) is 0 Å². The van der Waals surface area contributed by atoms with Crippen molar-refractivity contribution < 1.29 is 76.1 Å². The van der Waals surface area contributed by atoms with Gasteiger partial charge in [0.2, 0.25) is 6.29 Å². The second-order valence-corrected chi connectivity index (χ2v) is 18.1. The van der Waals surface area contributed by atoms with Crippen LogP contribution in [-0.2, 0) is 76.8 Å². The van der Waals surface area contributed by atoms with E-state index in [9.17, 15) is 24.0 Å². The van der Waals surface area contributed by atoms with Crippen molar-refractivity contribution in [2.24, 2.45) is 0 Å². The molecule has 384 valence electrons. The van der Waals surface area contributed by atoms with Crippen molar-refractivity contribution >= 4 is 52.9 Å². The number of carbonyl (C=O) groups is 5. The molecule has 0 saturated carbocycles. The Bertz CT molecular complexity index is 2660. The summed E-state index contributed by atoms with van der Waals surface area (Å²) in [5, 5.41) is 0.0661. The van der Waals surface area contributed by atoms with Crippen molar-refractivity contribution in [3.8, 4) is 11.5 Å². The first-order valence-electron chi connectivity index (χ1n) is 23.3. The highest BCUT2D eigenvalue weighted by atomic mass is 35.5. The van der Waals surface area contributed by atoms with Crippen molar-refractivity contribution in [3.63, 3.8) is 0 Å². The molecule has 3 aliphatic rings. The third-order valence-electron chi connectivity index (χ3n) is 12.0. The first-order valence-corrected chi connectivity index (χ1v) is 24.1. The van der Waals surface area contributed by atoms with E-state index in [0.717, 1.165) is 36.8 Å². The van der Waals surface area contributed by atoms with Gasteiger partial charge in [-0.05, 0) is 53.1 Å². The molecule has 5 aromatic carbocycles. The highest BCUT2D eigenvalue weighted by Gasteiger charge is 2.59. The minimum absolute atomic E-state index is 0.0331. The normalized spacial score (nSPS) is 24.6. The number of methoxy groups -OCH3 is 1. The molecule has 2 fully saturated rings. The lowest BCUT2D eigenvalue weighted by Crippen LogP contribution is -2.70. The molecule has 2 amide bonds. The number of esters is 3. The molecule has 73 heavy (non-hydrogen) atoms. The number of carbonyl (C=O) groups excluding carboxylic acids is 5. The molecule has 0 aromatic heterocycles. The molecule has 0 N–H and O–H groups in total. The van der Waals surface area contributed by atoms with Gasteiger partial charge in [-0.25, -0.2) is 0 Å². The molecular weight excluding hydrogens is 989 g/mol. The fraction of sp³-hybridized carbons (Fsp3) is 0.352. The van der Waals surface area contributed by atoms with E-state index in [0.29, 0.717) is 11.3 Å². The van der Waals surface area contributed by atoms with Gasteiger partial charge in [-0.3, -0.25) is 28.9 Å². The highest BCUT2D eigenvalue weighted by molar-refractivity contribution is 6.43. The summed E-state index contributed by atoms with van der Waals surface area (Å²) in [6.45, 7) is 3.04. The zero-order valence-electron chi connectivity index (χ0n) is 40.2. The topological polar surface area (TPSA) is 190 Å². The Kier molecular flexibility index (Phi) is 17.8. The quantitative estimate of drug-likeness (QED) is 0.0418. The Morgan fingerprint density at radius 1 is 0.534 bits per heavy atom. The largest absolute Gasteiger partial charge is 0.497 e. The molecule has 8 rings (SSSR count). The second-order valence-electron chi connectivity index (χ2n) is 17.2. The molecule has 0 unspecified atom stereocenters. The van der Waals surface area contributed by atoms with E-state index in [-0.39, 0.29) is 60.0 Å². The van der Waals surface area contributed by atoms with Crippen LogP contribution in [0.25, 0.3) is 0 Å². The zero-order chi connectivity index (χ0) is 51.6. The predicted molar refractivity (Wildman–Crippen MR) is 260 cm³/mol. The summed E-state index contributed by atoms with van der Waals surface area (Å²) in [6, 6.07) is 35.4. The average Bonchev–Trinajstić information content (AvgIpc) is 3.60. The highest BCUT2D eigenvalue weighted by Crippen LogP contribution is 2.41. The molecule has 17 nitrogen and oxygen atoms in total. The monoisotopic (exact) mass is 1040 g/mol. The van der Waals surface area contributed by atoms with Crippen molar-refractivity contribution in [3.05, 3.63) is 165 Å². The van der Waals surface area contributed by atoms with Crippen LogP contribution < -0.4 is 9.47 Å². The van der Waals surface area contributed by atoms with Crippen LogP contribution in [0.15, 0.2) is 127 Å². The molecule has 0 spiro atoms. The third kappa shape index (κ3) is 13.0. The maximum Gasteiger partial charge on any atom is 0.303 e. The molecule has 3 aliphatic heterocycles. The van der Waals surface area contributed by atoms with Crippen LogP contribution in [-0.4, -0.2) is 116 Å². The molecule has 5 aromatic rings. The van der Waals surface area contributed by atoms with E-state index in [2.05, 4.69) is 0 Å². The van der Waals surface area contributed by atoms with Gasteiger partial charge in [0, 0.05) is 20.8 Å². The summed E-state index contributed by atoms with van der Waals surface area (Å²) in [7, 11) is 1.51. The number of imide groups is 1. The Morgan fingerprint density at radius 2 is 0.973 bits per heavy atom. The summed E-state index contributed by atoms with van der Waals surface area (Å²) in [4.78, 5) is 69.5. The number of benzene rings is 5. The average molecular weight is 1040 g/mol. The van der Waals surface area contributed by atoms with Gasteiger partial charge in [-0.2, -0.15) is 0 Å². The maximum absolute atomic E-state index is 14.8. The summed E-state index contributed by atoms with van der Waals surface area (Å²) in [5.74, 6) is -3.19. The van der Waals surface area contributed by atoms with Crippen molar-refractivity contribution in [2.45, 2.75) is 102 Å². The lowest BCUT2D eigenvalue weighted by molar-refractivity contribution is -0.352. The van der Waals surface area contributed by atoms with Gasteiger partial charge >= 0.3 is 17.9 Å². The minimum atomic E-state index is -1.70. The molecule has 10 atom stereocenters. The van der Waals surface area contributed by atoms with Gasteiger partial charge in [0.05, 0.1) is 61.3 Å². The van der Waals surface area contributed by atoms with Crippen molar-refractivity contribution in [1.82, 2.24) is 4.90 Å². The van der Waals surface area contributed by atoms with Crippen LogP contribution in [0.5, 0.6) is 11.5 Å². The number of rotatable bonds is 20. The number of ether oxygens (including phenoxy) is 11. The number of fused-ring (bicyclic) bond motifs is 1. The summed E-state index contributed by atoms with van der Waals surface area (Å²) in [6.07, 6.45) is -13.1. The number of halogens is 2. The Morgan fingerprint density at radius 3 is 1.47 bits per heavy atom. The Labute approximate surface area is 431 Å². The Hall–Kier alpha value is -6.41. The van der Waals surface area contributed by atoms with Crippen molar-refractivity contribution in [1.29, 1.82) is 0 Å². The fourth-order valence-corrected chi connectivity index (χ4v) is 9.14. The number of nitrogens with zero attached hydrogens (tertiary/aromatic N) is 1. The first-order chi connectivity index (χ1) is 35.3. The molecular formula is C54H53Cl2NO16. The summed E-state index contributed by atoms with van der Waals surface area (Å²) in [5.41, 5.74) is 2.25. The van der Waals surface area contributed by atoms with Crippen LogP contribution in [0.4, 0.5) is 0 Å². The Balaban J connectivity index is 1.26. The van der Waals surface area contributed by atoms with Crippen LogP contribution >= 0.6 is 23.2 Å². The van der Waals surface area contributed by atoms with E-state index in [1.165, 1.54) is 19.2 Å². The van der Waals surface area contributed by atoms with E-state index < -0.39 is 91.1 Å². The fourth-order valence-electron chi connectivity index (χ4n) is 8.82. The molecule has 0 radical (unpaired) electrons. The predicted octanol–water partition coefficient (Wildman–Crippen LogP) is 7.69. The SMILES string of the molecule is COc1ccc(O[C@@H]2O[C@H](COCc3ccccc3)[C@@H](O[C@@H]3O[C@H](COCc4ccccc4)[C@H](OC(C)=O)[C@H](OC(C)=O)[C@H]3OC(C)=O)[C@H](OCc3ccccc3)[C@H]2N2C(=O)c3cc(Cl)c(Cl)cc3C2=O)cc1. The second kappa shape index (κ2) is 24.5. The number of hydrogen-bond donors (Lipinski definition) is 0. The van der Waals surface area contributed by atoms with Gasteiger partial charge in [0.1, 0.15) is 42.0 Å². The first kappa shape index (κ1) is 52.9. The third-order valence-corrected chi connectivity index (χ3v) is 12.8. The molecule has 0 bridgehead atoms. The molecule has 3 heterocycles. The number of amides is 2. The zero-order valence-corrected chi connectivity index (χ0v) is 41.7. The van der Waals surface area contributed by atoms with Crippen molar-refractivity contribution in [2.75, 3.05) is 20.3 Å². The van der Waals surface area contributed by atoms with Gasteiger partial charge in [0.25, 0.3) is 11.8 Å². The van der Waals surface area contributed by atoms with Crippen LogP contribution in [0.2, 0.25) is 10.0 Å². The van der Waals surface area contributed by atoms with Crippen LogP contribution in [0.1, 0.15) is 58.2 Å². The van der Waals surface area contributed by atoms with E-state index in [1.54, 1.807) is 24.3 Å². The minimum Gasteiger partial charge on any atom is -0.497 e. The smallest absolute Gasteiger partial charge is 0.303 e. The van der Waals surface area contributed by atoms with E-state index in [1.807, 2.05) is 91.0 Å². The molecule has 19 heteroatoms. The van der Waals surface area contributed by atoms with E-state index >= 15 is 0 Å². The maximum atomic E-state index is 14.8. The van der Waals surface area contributed by atoms with Gasteiger partial charge in [-0.15, -0.1) is 0 Å². The van der Waals surface area contributed by atoms with Gasteiger partial charge in [-0.1, -0.05) is 114 Å². The molecule has 0 aliphatic carbocycles. The van der Waals surface area contributed by atoms with Gasteiger partial charge < -0.3 is 52.1 Å². The lowest BCUT2D eigenvalue weighted by atomic mass is 9.93. The lowest BCUT2D eigenvalue weighted by Gasteiger charge is -2.50. The summed E-state index contributed by atoms with van der Waals surface area (Å²) >= 11 is 12.9. The van der Waals surface area contributed by atoms with E-state index in [4.69, 9.17) is 75.3 Å². The van der Waals surface area contributed by atoms with Gasteiger partial charge in [0.15, 0.2) is 24.6 Å². The summed E-state index contributed by atoms with van der Waals surface area (Å²) < 4.78 is 69.5. The number of hydrogen-bond acceptors (Lipinski definition) is 16. The molecule has 2 saturated heterocycles. The standard InChI is InChI=1S/C54H53Cl2NO16/c1-31(58)67-47-44(30-65-27-35-16-10-6-11-17-35)72-54(50(69-33(3)60)49(47)68-32(2)59)73-46-43(29-64-26-34-14-8-5-9-15-34)71-53(70-38-22-20-37(63-4)21-23-38)45(48(46)66-28-36-18-12-7-13-19-36)57-51(61)39-24-41(55)42(56)25-40(39)52(57)62/h5-25,43-50,53-54H,26-30H2,1-4H3/t43-,44-,45-,46-,47+,48-,49+,50-,53-,54+/m1/s1.